The van der Waals surface area contributed by atoms with Crippen LogP contribution in [0.15, 0.2) is 24.3 Å². The summed E-state index contributed by atoms with van der Waals surface area (Å²) >= 11 is 1.85. The molecule has 1 aromatic rings. The van der Waals surface area contributed by atoms with Gasteiger partial charge in [0.2, 0.25) is 5.91 Å². The molecule has 1 fully saturated rings. The number of hydrogen-bond donors (Lipinski definition) is 2. The van der Waals surface area contributed by atoms with Crippen molar-refractivity contribution in [3.05, 3.63) is 39.9 Å². The first-order valence-electron chi connectivity index (χ1n) is 6.91. The topological polar surface area (TPSA) is 84.3 Å². The minimum Gasteiger partial charge on any atom is -0.350 e. The van der Waals surface area contributed by atoms with Crippen molar-refractivity contribution in [1.82, 2.24) is 10.6 Å². The molecule has 1 aromatic carbocycles. The molecular weight excluding hydrogens is 326 g/mol. The zero-order valence-electron chi connectivity index (χ0n) is 12.3. The Balaban J connectivity index is 0.00000242. The molecule has 122 valence electrons. The van der Waals surface area contributed by atoms with Gasteiger partial charge in [0.15, 0.2) is 0 Å². The predicted octanol–water partition coefficient (Wildman–Crippen LogP) is 2.29. The molecule has 2 unspecified atom stereocenters. The highest BCUT2D eigenvalue weighted by molar-refractivity contribution is 7.99. The first-order valence-corrected chi connectivity index (χ1v) is 8.06. The Morgan fingerprint density at radius 3 is 3.00 bits per heavy atom. The number of rotatable bonds is 5. The molecule has 1 aliphatic rings. The first kappa shape index (κ1) is 18.7. The monoisotopic (exact) mass is 345 g/mol. The number of benzene rings is 1. The highest BCUT2D eigenvalue weighted by Crippen LogP contribution is 2.19. The smallest absolute Gasteiger partial charge is 0.269 e. The van der Waals surface area contributed by atoms with E-state index >= 15 is 0 Å². The van der Waals surface area contributed by atoms with E-state index in [0.717, 1.165) is 23.6 Å². The summed E-state index contributed by atoms with van der Waals surface area (Å²) in [5.41, 5.74) is 0.780. The van der Waals surface area contributed by atoms with Gasteiger partial charge in [0.1, 0.15) is 0 Å². The van der Waals surface area contributed by atoms with Crippen LogP contribution >= 0.6 is 24.2 Å². The summed E-state index contributed by atoms with van der Waals surface area (Å²) in [4.78, 5) is 22.4. The van der Waals surface area contributed by atoms with Gasteiger partial charge in [-0.2, -0.15) is 11.8 Å². The Kier molecular flexibility index (Phi) is 7.64. The lowest BCUT2D eigenvalue weighted by Crippen LogP contribution is -2.41. The number of hydrogen-bond acceptors (Lipinski definition) is 5. The van der Waals surface area contributed by atoms with Gasteiger partial charge >= 0.3 is 0 Å². The zero-order chi connectivity index (χ0) is 15.2. The van der Waals surface area contributed by atoms with Gasteiger partial charge in [-0.25, -0.2) is 0 Å². The van der Waals surface area contributed by atoms with Crippen molar-refractivity contribution in [2.75, 3.05) is 18.1 Å². The van der Waals surface area contributed by atoms with E-state index in [0.29, 0.717) is 6.42 Å². The molecule has 0 aromatic heterocycles. The SMILES string of the molecule is CC(NC(=O)CC1CSCCN1)c1cccc([N+](=O)[O-])c1.Cl. The Morgan fingerprint density at radius 1 is 1.59 bits per heavy atom. The maximum absolute atomic E-state index is 12.0. The van der Waals surface area contributed by atoms with Crippen molar-refractivity contribution in [2.24, 2.45) is 0 Å². The van der Waals surface area contributed by atoms with Gasteiger partial charge < -0.3 is 10.6 Å². The van der Waals surface area contributed by atoms with Crippen LogP contribution in [0.1, 0.15) is 24.9 Å². The summed E-state index contributed by atoms with van der Waals surface area (Å²) < 4.78 is 0. The molecule has 0 radical (unpaired) electrons. The third-order valence-corrected chi connectivity index (χ3v) is 4.52. The van der Waals surface area contributed by atoms with Crippen LogP contribution in [0.5, 0.6) is 0 Å². The fourth-order valence-corrected chi connectivity index (χ4v) is 3.22. The van der Waals surface area contributed by atoms with Crippen LogP contribution in [0.3, 0.4) is 0 Å². The molecule has 6 nitrogen and oxygen atoms in total. The number of nitro benzene ring substituents is 1. The van der Waals surface area contributed by atoms with Crippen molar-refractivity contribution < 1.29 is 9.72 Å². The molecule has 0 aliphatic carbocycles. The van der Waals surface area contributed by atoms with Gasteiger partial charge in [-0.15, -0.1) is 12.4 Å². The van der Waals surface area contributed by atoms with Crippen LogP contribution in [-0.4, -0.2) is 34.9 Å². The fourth-order valence-electron chi connectivity index (χ4n) is 2.27. The largest absolute Gasteiger partial charge is 0.350 e. The lowest BCUT2D eigenvalue weighted by molar-refractivity contribution is -0.384. The summed E-state index contributed by atoms with van der Waals surface area (Å²) in [6.45, 7) is 2.77. The number of halogens is 1. The summed E-state index contributed by atoms with van der Waals surface area (Å²) in [7, 11) is 0. The van der Waals surface area contributed by atoms with Crippen LogP contribution in [-0.2, 0) is 4.79 Å². The Hall–Kier alpha value is -1.31. The molecule has 2 N–H and O–H groups in total. The minimum absolute atomic E-state index is 0. The van der Waals surface area contributed by atoms with E-state index in [1.165, 1.54) is 12.1 Å². The van der Waals surface area contributed by atoms with E-state index in [-0.39, 0.29) is 36.1 Å². The van der Waals surface area contributed by atoms with Gasteiger partial charge in [0.05, 0.1) is 11.0 Å². The average molecular weight is 346 g/mol. The van der Waals surface area contributed by atoms with E-state index in [2.05, 4.69) is 10.6 Å². The van der Waals surface area contributed by atoms with Crippen molar-refractivity contribution in [3.8, 4) is 0 Å². The van der Waals surface area contributed by atoms with E-state index in [1.54, 1.807) is 12.1 Å². The average Bonchev–Trinajstić information content (AvgIpc) is 2.48. The predicted molar refractivity (Wildman–Crippen MR) is 90.6 cm³/mol. The molecule has 1 amide bonds. The van der Waals surface area contributed by atoms with Crippen LogP contribution in [0.25, 0.3) is 0 Å². The number of nitro groups is 1. The Labute approximate surface area is 140 Å². The van der Waals surface area contributed by atoms with Crippen LogP contribution in [0.2, 0.25) is 0 Å². The molecule has 0 saturated carbocycles. The molecule has 22 heavy (non-hydrogen) atoms. The Bertz CT molecular complexity index is 524. The first-order chi connectivity index (χ1) is 10.1. The molecule has 0 bridgehead atoms. The number of carbonyl (C=O) groups is 1. The maximum Gasteiger partial charge on any atom is 0.269 e. The molecule has 1 saturated heterocycles. The van der Waals surface area contributed by atoms with Crippen LogP contribution < -0.4 is 10.6 Å². The van der Waals surface area contributed by atoms with Crippen molar-refractivity contribution >= 4 is 35.8 Å². The second kappa shape index (κ2) is 8.97. The van der Waals surface area contributed by atoms with Crippen molar-refractivity contribution in [3.63, 3.8) is 0 Å². The molecular formula is C14H20ClN3O3S. The molecule has 2 rings (SSSR count). The van der Waals surface area contributed by atoms with Gasteiger partial charge in [0.25, 0.3) is 5.69 Å². The van der Waals surface area contributed by atoms with Gasteiger partial charge in [-0.3, -0.25) is 14.9 Å². The number of thioether (sulfide) groups is 1. The second-order valence-corrected chi connectivity index (χ2v) is 6.22. The van der Waals surface area contributed by atoms with Gasteiger partial charge in [0, 0.05) is 42.6 Å². The number of non-ortho nitro benzene ring substituents is 1. The fraction of sp³-hybridized carbons (Fsp3) is 0.500. The third kappa shape index (κ3) is 5.47. The lowest BCUT2D eigenvalue weighted by atomic mass is 10.1. The van der Waals surface area contributed by atoms with E-state index < -0.39 is 4.92 Å². The lowest BCUT2D eigenvalue weighted by Gasteiger charge is -2.23. The van der Waals surface area contributed by atoms with Crippen molar-refractivity contribution in [1.29, 1.82) is 0 Å². The normalized spacial score (nSPS) is 18.9. The van der Waals surface area contributed by atoms with E-state index in [4.69, 9.17) is 0 Å². The Morgan fingerprint density at radius 2 is 2.36 bits per heavy atom. The molecule has 1 aliphatic heterocycles. The number of nitrogens with zero attached hydrogens (tertiary/aromatic N) is 1. The quantitative estimate of drug-likeness (QED) is 0.631. The van der Waals surface area contributed by atoms with Gasteiger partial charge in [-0.1, -0.05) is 12.1 Å². The van der Waals surface area contributed by atoms with Gasteiger partial charge in [-0.05, 0) is 12.5 Å². The molecule has 8 heteroatoms. The zero-order valence-corrected chi connectivity index (χ0v) is 13.9. The van der Waals surface area contributed by atoms with E-state index in [1.807, 2.05) is 18.7 Å². The summed E-state index contributed by atoms with van der Waals surface area (Å²) in [5.74, 6) is 2.00. The summed E-state index contributed by atoms with van der Waals surface area (Å²) in [6, 6.07) is 6.33. The summed E-state index contributed by atoms with van der Waals surface area (Å²) in [6.07, 6.45) is 0.437. The van der Waals surface area contributed by atoms with Crippen LogP contribution in [0, 0.1) is 10.1 Å². The molecule has 2 atom stereocenters. The summed E-state index contributed by atoms with van der Waals surface area (Å²) in [5, 5.41) is 17.0. The molecule has 0 spiro atoms. The number of nitrogens with one attached hydrogen (secondary N) is 2. The molecule has 1 heterocycles. The highest BCUT2D eigenvalue weighted by Gasteiger charge is 2.18. The standard InChI is InChI=1S/C14H19N3O3S.ClH/c1-10(11-3-2-4-13(7-11)17(19)20)16-14(18)8-12-9-21-6-5-15-12;/h2-4,7,10,12,15H,5-6,8-9H2,1H3,(H,16,18);1H. The van der Waals surface area contributed by atoms with Crippen LogP contribution in [0.4, 0.5) is 5.69 Å². The van der Waals surface area contributed by atoms with E-state index in [9.17, 15) is 14.9 Å². The third-order valence-electron chi connectivity index (χ3n) is 3.39. The second-order valence-electron chi connectivity index (χ2n) is 5.07. The highest BCUT2D eigenvalue weighted by atomic mass is 35.5. The number of carbonyl (C=O) groups excluding carboxylic acids is 1. The van der Waals surface area contributed by atoms with Crippen molar-refractivity contribution in [2.45, 2.75) is 25.4 Å². The number of amides is 1. The minimum atomic E-state index is -0.429. The maximum atomic E-state index is 12.0.